The van der Waals surface area contributed by atoms with Gasteiger partial charge in [-0.05, 0) is 43.7 Å². The summed E-state index contributed by atoms with van der Waals surface area (Å²) in [5, 5.41) is 6.04. The first-order valence-corrected chi connectivity index (χ1v) is 15.4. The lowest BCUT2D eigenvalue weighted by molar-refractivity contribution is -0.141. The summed E-state index contributed by atoms with van der Waals surface area (Å²) in [7, 11) is 1.20. The summed E-state index contributed by atoms with van der Waals surface area (Å²) in [4.78, 5) is 43.2. The van der Waals surface area contributed by atoms with Gasteiger partial charge in [-0.3, -0.25) is 14.0 Å². The van der Waals surface area contributed by atoms with E-state index in [1.54, 1.807) is 30.5 Å². The van der Waals surface area contributed by atoms with E-state index in [4.69, 9.17) is 14.5 Å². The number of amides is 2. The minimum absolute atomic E-state index is 0.0784. The van der Waals surface area contributed by atoms with Crippen molar-refractivity contribution in [1.82, 2.24) is 30.5 Å². The number of aromatic nitrogens is 3. The molecule has 3 aromatic heterocycles. The van der Waals surface area contributed by atoms with Crippen LogP contribution < -0.4 is 25.0 Å². The molecule has 3 atom stereocenters. The molecule has 0 spiro atoms. The highest BCUT2D eigenvalue weighted by Gasteiger charge is 2.40. The number of nitrogens with one attached hydrogen (secondary N) is 2. The molecule has 5 heterocycles. The Hall–Kier alpha value is -4.53. The van der Waals surface area contributed by atoms with Crippen LogP contribution in [0.1, 0.15) is 46.8 Å². The van der Waals surface area contributed by atoms with Gasteiger partial charge in [0.1, 0.15) is 0 Å². The largest absolute Gasteiger partial charge is 0.481 e. The molecule has 2 aliphatic heterocycles. The summed E-state index contributed by atoms with van der Waals surface area (Å²) in [6.45, 7) is 4.72. The zero-order valence-electron chi connectivity index (χ0n) is 26.3. The number of piperazine rings is 1. The first kappa shape index (κ1) is 33.8. The zero-order chi connectivity index (χ0) is 33.7. The molecule has 2 aliphatic rings. The highest BCUT2D eigenvalue weighted by atomic mass is 19.4. The molecule has 0 unspecified atom stereocenters. The van der Waals surface area contributed by atoms with Crippen LogP contribution in [0.3, 0.4) is 0 Å². The second-order valence-corrected chi connectivity index (χ2v) is 11.3. The number of pyridine rings is 3. The number of halogens is 4. The van der Waals surface area contributed by atoms with Gasteiger partial charge in [0, 0.05) is 63.0 Å². The monoisotopic (exact) mass is 659 g/mol. The number of hydrogen-bond donors (Lipinski definition) is 2. The van der Waals surface area contributed by atoms with Crippen LogP contribution in [0.5, 0.6) is 11.8 Å². The van der Waals surface area contributed by atoms with Crippen molar-refractivity contribution in [2.24, 2.45) is 5.92 Å². The van der Waals surface area contributed by atoms with Gasteiger partial charge in [0.15, 0.2) is 11.4 Å². The molecule has 11 nitrogen and oxygen atoms in total. The van der Waals surface area contributed by atoms with Gasteiger partial charge >= 0.3 is 6.18 Å². The molecular formula is C32H37F4N7O4. The van der Waals surface area contributed by atoms with Crippen LogP contribution in [0, 0.1) is 5.92 Å². The Morgan fingerprint density at radius 3 is 2.60 bits per heavy atom. The van der Waals surface area contributed by atoms with Crippen LogP contribution in [0.4, 0.5) is 23.2 Å². The van der Waals surface area contributed by atoms with E-state index < -0.39 is 42.0 Å². The molecule has 3 aromatic rings. The normalized spacial score (nSPS) is 19.9. The third-order valence-corrected chi connectivity index (χ3v) is 8.40. The summed E-state index contributed by atoms with van der Waals surface area (Å²) in [5.74, 6) is -1.59. The molecule has 15 heteroatoms. The Kier molecular flexibility index (Phi) is 10.4. The molecule has 47 heavy (non-hydrogen) atoms. The van der Waals surface area contributed by atoms with E-state index >= 15 is 0 Å². The smallest absolute Gasteiger partial charge is 0.434 e. The molecule has 2 fully saturated rings. The molecule has 2 amide bonds. The van der Waals surface area contributed by atoms with E-state index in [1.165, 1.54) is 18.1 Å². The maximum atomic E-state index is 13.9. The van der Waals surface area contributed by atoms with Gasteiger partial charge in [-0.2, -0.15) is 13.2 Å². The van der Waals surface area contributed by atoms with E-state index in [0.29, 0.717) is 48.9 Å². The molecule has 0 bridgehead atoms. The number of carbonyl (C=O) groups is 2. The fraction of sp³-hybridized carbons (Fsp3) is 0.469. The fourth-order valence-electron chi connectivity index (χ4n) is 5.96. The Balaban J connectivity index is 1.47. The van der Waals surface area contributed by atoms with Crippen molar-refractivity contribution >= 4 is 17.5 Å². The molecule has 0 saturated carbocycles. The maximum absolute atomic E-state index is 13.9. The molecule has 2 N–H and O–H groups in total. The van der Waals surface area contributed by atoms with Crippen molar-refractivity contribution in [2.45, 2.75) is 38.5 Å². The predicted molar refractivity (Wildman–Crippen MR) is 165 cm³/mol. The molecule has 2 saturated heterocycles. The average Bonchev–Trinajstić information content (AvgIpc) is 3.54. The van der Waals surface area contributed by atoms with E-state index in [1.807, 2.05) is 18.7 Å². The van der Waals surface area contributed by atoms with Gasteiger partial charge in [0.25, 0.3) is 11.8 Å². The molecular weight excluding hydrogens is 622 g/mol. The number of ether oxygens (including phenoxy) is 2. The van der Waals surface area contributed by atoms with E-state index in [9.17, 15) is 27.2 Å². The quantitative estimate of drug-likeness (QED) is 0.311. The van der Waals surface area contributed by atoms with Gasteiger partial charge in [-0.25, -0.2) is 15.0 Å². The van der Waals surface area contributed by atoms with Gasteiger partial charge < -0.3 is 29.9 Å². The number of methoxy groups -OCH3 is 1. The van der Waals surface area contributed by atoms with Crippen LogP contribution in [0.15, 0.2) is 42.6 Å². The summed E-state index contributed by atoms with van der Waals surface area (Å²) < 4.78 is 65.9. The van der Waals surface area contributed by atoms with Crippen molar-refractivity contribution in [1.29, 1.82) is 0 Å². The standard InChI is InChI=1S/C32H37F4N7O4/c1-4-20-18-42(31(45)22-8-11-26(46-3)41-28(22)32(34,35)36)13-14-43(20)25-10-9-23(21-7-6-12-38-30(21)47-5-2)39-27(25)29(44)40-24-17-37-16-19(24)15-33/h6-12,19-20,24,37H,4-5,13-18H2,1-3H3,(H,40,44)/t19-,20-,24-/m1/s1. The predicted octanol–water partition coefficient (Wildman–Crippen LogP) is 3.99. The van der Waals surface area contributed by atoms with Crippen LogP contribution in [0.2, 0.25) is 0 Å². The summed E-state index contributed by atoms with van der Waals surface area (Å²) in [5.41, 5.74) is -0.286. The fourth-order valence-corrected chi connectivity index (χ4v) is 5.96. The second kappa shape index (κ2) is 14.5. The number of carbonyl (C=O) groups excluding carboxylic acids is 2. The van der Waals surface area contributed by atoms with Crippen molar-refractivity contribution in [3.8, 4) is 23.0 Å². The van der Waals surface area contributed by atoms with Gasteiger partial charge in [-0.15, -0.1) is 0 Å². The third kappa shape index (κ3) is 7.24. The minimum Gasteiger partial charge on any atom is -0.481 e. The summed E-state index contributed by atoms with van der Waals surface area (Å²) in [6, 6.07) is 8.51. The van der Waals surface area contributed by atoms with E-state index in [-0.39, 0.29) is 43.2 Å². The van der Waals surface area contributed by atoms with Crippen LogP contribution in [0.25, 0.3) is 11.3 Å². The van der Waals surface area contributed by atoms with Crippen molar-refractivity contribution in [3.05, 3.63) is 59.5 Å². The van der Waals surface area contributed by atoms with Crippen molar-refractivity contribution < 1.29 is 36.6 Å². The topological polar surface area (TPSA) is 122 Å². The second-order valence-electron chi connectivity index (χ2n) is 11.3. The first-order chi connectivity index (χ1) is 22.6. The number of rotatable bonds is 10. The van der Waals surface area contributed by atoms with Gasteiger partial charge in [0.05, 0.1) is 42.9 Å². The summed E-state index contributed by atoms with van der Waals surface area (Å²) >= 11 is 0. The summed E-state index contributed by atoms with van der Waals surface area (Å²) in [6.07, 6.45) is -2.77. The van der Waals surface area contributed by atoms with E-state index in [0.717, 1.165) is 6.07 Å². The lowest BCUT2D eigenvalue weighted by atomic mass is 10.0. The number of alkyl halides is 4. The Morgan fingerprint density at radius 2 is 1.89 bits per heavy atom. The molecule has 252 valence electrons. The SMILES string of the molecule is CCOc1ncccc1-c1ccc(N2CCN(C(=O)c3ccc(OC)nc3C(F)(F)F)C[C@H]2CC)c(C(=O)N[C@@H]2CNC[C@H]2CF)n1. The van der Waals surface area contributed by atoms with Crippen molar-refractivity contribution in [3.63, 3.8) is 0 Å². The number of nitrogens with zero attached hydrogens (tertiary/aromatic N) is 5. The lowest BCUT2D eigenvalue weighted by Gasteiger charge is -2.43. The number of hydrogen-bond acceptors (Lipinski definition) is 9. The Morgan fingerprint density at radius 1 is 1.09 bits per heavy atom. The van der Waals surface area contributed by atoms with Gasteiger partial charge in [-0.1, -0.05) is 6.92 Å². The van der Waals surface area contributed by atoms with Crippen LogP contribution in [-0.2, 0) is 6.18 Å². The highest BCUT2D eigenvalue weighted by Crippen LogP contribution is 2.35. The molecule has 5 rings (SSSR count). The third-order valence-electron chi connectivity index (χ3n) is 8.40. The molecule has 0 aromatic carbocycles. The Labute approximate surface area is 269 Å². The minimum atomic E-state index is -4.87. The van der Waals surface area contributed by atoms with Gasteiger partial charge in [0.2, 0.25) is 11.8 Å². The number of anilines is 1. The highest BCUT2D eigenvalue weighted by molar-refractivity contribution is 5.99. The van der Waals surface area contributed by atoms with Crippen LogP contribution in [-0.4, -0.2) is 96.9 Å². The Bertz CT molecular complexity index is 1590. The molecule has 0 radical (unpaired) electrons. The average molecular weight is 660 g/mol. The maximum Gasteiger partial charge on any atom is 0.434 e. The van der Waals surface area contributed by atoms with Crippen molar-refractivity contribution in [2.75, 3.05) is 58.0 Å². The zero-order valence-corrected chi connectivity index (χ0v) is 26.3. The first-order valence-electron chi connectivity index (χ1n) is 15.4. The van der Waals surface area contributed by atoms with Crippen LogP contribution >= 0.6 is 0 Å². The molecule has 0 aliphatic carbocycles. The lowest BCUT2D eigenvalue weighted by Crippen LogP contribution is -2.55. The van der Waals surface area contributed by atoms with E-state index in [2.05, 4.69) is 20.6 Å².